The lowest BCUT2D eigenvalue weighted by Gasteiger charge is -2.05. The predicted octanol–water partition coefficient (Wildman–Crippen LogP) is 0.665. The van der Waals surface area contributed by atoms with Crippen molar-refractivity contribution in [3.05, 3.63) is 51.9 Å². The Morgan fingerprint density at radius 3 is 2.65 bits per heavy atom. The molecule has 0 aliphatic heterocycles. The summed E-state index contributed by atoms with van der Waals surface area (Å²) >= 11 is 1.29. The fourth-order valence-electron chi connectivity index (χ4n) is 1.46. The van der Waals surface area contributed by atoms with Gasteiger partial charge in [0, 0.05) is 6.42 Å². The number of nitrogens with zero attached hydrogens (tertiary/aromatic N) is 3. The third-order valence-corrected chi connectivity index (χ3v) is 2.97. The molecule has 0 fully saturated rings. The Bertz CT molecular complexity index is 567. The van der Waals surface area contributed by atoms with Crippen molar-refractivity contribution in [3.63, 3.8) is 0 Å². The lowest BCUT2D eigenvalue weighted by molar-refractivity contribution is 0.673. The van der Waals surface area contributed by atoms with Crippen LogP contribution in [0.25, 0.3) is 0 Å². The van der Waals surface area contributed by atoms with Crippen LogP contribution in [0.15, 0.2) is 40.3 Å². The highest BCUT2D eigenvalue weighted by molar-refractivity contribution is 7.98. The van der Waals surface area contributed by atoms with Crippen LogP contribution in [0.2, 0.25) is 0 Å². The van der Waals surface area contributed by atoms with Gasteiger partial charge in [-0.3, -0.25) is 4.79 Å². The molecule has 1 heterocycles. The molecule has 1 aromatic heterocycles. The summed E-state index contributed by atoms with van der Waals surface area (Å²) in [6.07, 6.45) is 2.24. The van der Waals surface area contributed by atoms with E-state index < -0.39 is 0 Å². The molecule has 0 saturated carbocycles. The normalized spacial score (nSPS) is 10.4. The van der Waals surface area contributed by atoms with E-state index in [-0.39, 0.29) is 5.56 Å². The molecule has 0 radical (unpaired) electrons. The molecular formula is C11H12N4OS. The number of benzene rings is 1. The molecule has 0 aliphatic carbocycles. The number of nitrogen functional groups attached to an aromatic ring is 1. The maximum absolute atomic E-state index is 11.9. The average molecular weight is 248 g/mol. The molecule has 0 amide bonds. The van der Waals surface area contributed by atoms with Crippen LogP contribution in [-0.4, -0.2) is 21.1 Å². The van der Waals surface area contributed by atoms with Gasteiger partial charge in [-0.25, -0.2) is 0 Å². The minimum Gasteiger partial charge on any atom is -0.334 e. The zero-order chi connectivity index (χ0) is 12.3. The molecule has 0 spiro atoms. The number of hydrogen-bond donors (Lipinski definition) is 1. The van der Waals surface area contributed by atoms with Gasteiger partial charge >= 0.3 is 0 Å². The van der Waals surface area contributed by atoms with Crippen molar-refractivity contribution in [1.29, 1.82) is 0 Å². The average Bonchev–Trinajstić information content (AvgIpc) is 2.37. The first-order valence-corrected chi connectivity index (χ1v) is 6.26. The zero-order valence-corrected chi connectivity index (χ0v) is 10.1. The minimum atomic E-state index is -0.298. The maximum atomic E-state index is 11.9. The molecule has 2 N–H and O–H groups in total. The van der Waals surface area contributed by atoms with E-state index in [0.29, 0.717) is 17.3 Å². The first kappa shape index (κ1) is 11.7. The van der Waals surface area contributed by atoms with Crippen LogP contribution in [0.3, 0.4) is 0 Å². The van der Waals surface area contributed by atoms with E-state index in [2.05, 4.69) is 10.2 Å². The number of aromatic nitrogens is 3. The monoisotopic (exact) mass is 248 g/mol. The van der Waals surface area contributed by atoms with Gasteiger partial charge in [-0.15, -0.1) is 10.2 Å². The van der Waals surface area contributed by atoms with Gasteiger partial charge in [0.2, 0.25) is 5.16 Å². The second-order valence-corrected chi connectivity index (χ2v) is 4.24. The van der Waals surface area contributed by atoms with Gasteiger partial charge in [-0.2, -0.15) is 4.68 Å². The summed E-state index contributed by atoms with van der Waals surface area (Å²) in [7, 11) is 0. The van der Waals surface area contributed by atoms with Crippen LogP contribution in [0.1, 0.15) is 11.3 Å². The molecule has 0 saturated heterocycles. The Labute approximate surface area is 103 Å². The molecule has 17 heavy (non-hydrogen) atoms. The van der Waals surface area contributed by atoms with Gasteiger partial charge < -0.3 is 5.84 Å². The lowest BCUT2D eigenvalue weighted by Crippen LogP contribution is -2.33. The number of rotatable bonds is 3. The molecular weight excluding hydrogens is 236 g/mol. The van der Waals surface area contributed by atoms with E-state index in [1.54, 1.807) is 6.26 Å². The summed E-state index contributed by atoms with van der Waals surface area (Å²) in [6, 6.07) is 9.63. The first-order chi connectivity index (χ1) is 8.22. The number of hydrogen-bond acceptors (Lipinski definition) is 5. The zero-order valence-electron chi connectivity index (χ0n) is 9.33. The minimum absolute atomic E-state index is 0.298. The van der Waals surface area contributed by atoms with Gasteiger partial charge in [0.05, 0.1) is 0 Å². The molecule has 0 atom stereocenters. The van der Waals surface area contributed by atoms with Crippen LogP contribution in [0.4, 0.5) is 0 Å². The van der Waals surface area contributed by atoms with Crippen LogP contribution in [0.5, 0.6) is 0 Å². The fourth-order valence-corrected chi connectivity index (χ4v) is 1.86. The van der Waals surface area contributed by atoms with Crippen molar-refractivity contribution < 1.29 is 0 Å². The van der Waals surface area contributed by atoms with Crippen LogP contribution >= 0.6 is 11.8 Å². The third-order valence-electron chi connectivity index (χ3n) is 2.32. The largest absolute Gasteiger partial charge is 0.334 e. The topological polar surface area (TPSA) is 73.8 Å². The Balaban J connectivity index is 2.35. The van der Waals surface area contributed by atoms with Crippen molar-refractivity contribution in [1.82, 2.24) is 14.9 Å². The van der Waals surface area contributed by atoms with Gasteiger partial charge in [0.15, 0.2) is 0 Å². The summed E-state index contributed by atoms with van der Waals surface area (Å²) in [5, 5.41) is 8.23. The molecule has 5 nitrogen and oxygen atoms in total. The van der Waals surface area contributed by atoms with Crippen molar-refractivity contribution in [2.75, 3.05) is 12.1 Å². The second-order valence-electron chi connectivity index (χ2n) is 3.47. The molecule has 0 aliphatic rings. The Kier molecular flexibility index (Phi) is 3.43. The van der Waals surface area contributed by atoms with Gasteiger partial charge in [0.1, 0.15) is 5.69 Å². The van der Waals surface area contributed by atoms with Crippen LogP contribution < -0.4 is 11.4 Å². The summed E-state index contributed by atoms with van der Waals surface area (Å²) in [5.41, 5.74) is 1.07. The van der Waals surface area contributed by atoms with Gasteiger partial charge in [-0.05, 0) is 11.8 Å². The van der Waals surface area contributed by atoms with Crippen LogP contribution in [0, 0.1) is 0 Å². The van der Waals surface area contributed by atoms with Crippen LogP contribution in [-0.2, 0) is 6.42 Å². The molecule has 2 rings (SSSR count). The first-order valence-electron chi connectivity index (χ1n) is 5.04. The molecule has 1 aromatic carbocycles. The highest BCUT2D eigenvalue weighted by Gasteiger charge is 2.09. The van der Waals surface area contributed by atoms with E-state index in [4.69, 9.17) is 5.84 Å². The fraction of sp³-hybridized carbons (Fsp3) is 0.182. The van der Waals surface area contributed by atoms with Crippen molar-refractivity contribution in [3.8, 4) is 0 Å². The van der Waals surface area contributed by atoms with E-state index in [1.165, 1.54) is 11.8 Å². The van der Waals surface area contributed by atoms with Gasteiger partial charge in [-0.1, -0.05) is 42.1 Å². The quantitative estimate of drug-likeness (QED) is 0.638. The standard InChI is InChI=1S/C11H12N4OS/c1-17-11-14-13-9(10(16)15(11)12)7-8-5-3-2-4-6-8/h2-6H,7,12H2,1H3. The smallest absolute Gasteiger partial charge is 0.294 e. The second kappa shape index (κ2) is 5.01. The summed E-state index contributed by atoms with van der Waals surface area (Å²) in [4.78, 5) is 11.9. The molecule has 88 valence electrons. The van der Waals surface area contributed by atoms with E-state index >= 15 is 0 Å². The molecule has 0 bridgehead atoms. The summed E-state index contributed by atoms with van der Waals surface area (Å²) in [6.45, 7) is 0. The molecule has 2 aromatic rings. The van der Waals surface area contributed by atoms with Gasteiger partial charge in [0.25, 0.3) is 5.56 Å². The van der Waals surface area contributed by atoms with E-state index in [1.807, 2.05) is 30.3 Å². The summed E-state index contributed by atoms with van der Waals surface area (Å²) in [5.74, 6) is 5.63. The Morgan fingerprint density at radius 1 is 1.29 bits per heavy atom. The summed E-state index contributed by atoms with van der Waals surface area (Å²) < 4.78 is 1.04. The lowest BCUT2D eigenvalue weighted by atomic mass is 10.1. The number of thioether (sulfide) groups is 1. The van der Waals surface area contributed by atoms with Crippen molar-refractivity contribution in [2.45, 2.75) is 11.6 Å². The van der Waals surface area contributed by atoms with E-state index in [0.717, 1.165) is 10.2 Å². The Hall–Kier alpha value is -1.82. The van der Waals surface area contributed by atoms with Crippen molar-refractivity contribution >= 4 is 11.8 Å². The molecule has 0 unspecified atom stereocenters. The molecule has 6 heteroatoms. The maximum Gasteiger partial charge on any atom is 0.294 e. The van der Waals surface area contributed by atoms with E-state index in [9.17, 15) is 4.79 Å². The third kappa shape index (κ3) is 2.47. The number of nitrogens with two attached hydrogens (primary N) is 1. The van der Waals surface area contributed by atoms with Crippen molar-refractivity contribution in [2.24, 2.45) is 0 Å². The SMILES string of the molecule is CSc1nnc(Cc2ccccc2)c(=O)n1N. The Morgan fingerprint density at radius 2 is 2.00 bits per heavy atom. The predicted molar refractivity (Wildman–Crippen MR) is 67.5 cm³/mol. The highest BCUT2D eigenvalue weighted by Crippen LogP contribution is 2.07. The highest BCUT2D eigenvalue weighted by atomic mass is 32.2.